The first-order valence-corrected chi connectivity index (χ1v) is 7.38. The highest BCUT2D eigenvalue weighted by atomic mass is 28.4. The summed E-state index contributed by atoms with van der Waals surface area (Å²) in [7, 11) is 0.829. The van der Waals surface area contributed by atoms with Gasteiger partial charge in [-0.15, -0.1) is 0 Å². The van der Waals surface area contributed by atoms with Crippen molar-refractivity contribution in [3.63, 3.8) is 0 Å². The second-order valence-electron chi connectivity index (χ2n) is 3.39. The molecule has 3 nitrogen and oxygen atoms in total. The van der Waals surface area contributed by atoms with Crippen molar-refractivity contribution < 1.29 is 13.3 Å². The van der Waals surface area contributed by atoms with E-state index in [-0.39, 0.29) is 0 Å². The van der Waals surface area contributed by atoms with E-state index in [1.54, 1.807) is 14.2 Å². The Balaban J connectivity index is 2.38. The van der Waals surface area contributed by atoms with E-state index >= 15 is 0 Å². The first kappa shape index (κ1) is 13.1. The first-order chi connectivity index (χ1) is 7.70. The van der Waals surface area contributed by atoms with Gasteiger partial charge in [0, 0.05) is 20.8 Å². The van der Waals surface area contributed by atoms with Crippen LogP contribution in [0.5, 0.6) is 0 Å². The molecule has 1 rings (SSSR count). The summed E-state index contributed by atoms with van der Waals surface area (Å²) in [5.74, 6) is 0. The third kappa shape index (κ3) is 4.28. The monoisotopic (exact) mass is 238 g/mol. The molecule has 16 heavy (non-hydrogen) atoms. The highest BCUT2D eigenvalue weighted by molar-refractivity contribution is 6.59. The minimum Gasteiger partial charge on any atom is -0.377 e. The van der Waals surface area contributed by atoms with Gasteiger partial charge in [0.25, 0.3) is 0 Å². The van der Waals surface area contributed by atoms with E-state index in [4.69, 9.17) is 13.3 Å². The second-order valence-corrected chi connectivity index (χ2v) is 6.22. The van der Waals surface area contributed by atoms with Crippen LogP contribution in [0.3, 0.4) is 0 Å². The van der Waals surface area contributed by atoms with Crippen LogP contribution in [-0.4, -0.2) is 29.6 Å². The zero-order valence-electron chi connectivity index (χ0n) is 9.97. The second kappa shape index (κ2) is 6.60. The molecule has 0 spiro atoms. The minimum absolute atomic E-state index is 0.499. The third-order valence-corrected chi connectivity index (χ3v) is 4.47. The summed E-state index contributed by atoms with van der Waals surface area (Å²) >= 11 is 0. The van der Waals surface area contributed by atoms with Crippen LogP contribution in [0.2, 0.25) is 6.55 Å². The normalized spacial score (nSPS) is 12.2. The summed E-state index contributed by atoms with van der Waals surface area (Å²) in [6, 6.07) is 10.1. The Hall–Kier alpha value is -0.943. The summed E-state index contributed by atoms with van der Waals surface area (Å²) in [6.45, 7) is 2.36. The molecule has 0 saturated heterocycles. The lowest BCUT2D eigenvalue weighted by atomic mass is 10.2. The molecule has 0 bridgehead atoms. The zero-order valence-corrected chi connectivity index (χ0v) is 11.0. The van der Waals surface area contributed by atoms with Crippen LogP contribution in [0, 0.1) is 0 Å². The van der Waals surface area contributed by atoms with E-state index < -0.39 is 8.80 Å². The number of benzene rings is 1. The summed E-state index contributed by atoms with van der Waals surface area (Å²) in [5.41, 5.74) is 1.16. The Morgan fingerprint density at radius 2 is 1.75 bits per heavy atom. The first-order valence-electron chi connectivity index (χ1n) is 5.16. The van der Waals surface area contributed by atoms with Crippen molar-refractivity contribution in [3.8, 4) is 0 Å². The fourth-order valence-electron chi connectivity index (χ4n) is 1.15. The number of hydrogen-bond acceptors (Lipinski definition) is 3. The molecule has 1 aromatic carbocycles. The van der Waals surface area contributed by atoms with Crippen LogP contribution in [0.4, 0.5) is 0 Å². The third-order valence-electron chi connectivity index (χ3n) is 2.29. The molecule has 0 atom stereocenters. The van der Waals surface area contributed by atoms with Gasteiger partial charge < -0.3 is 13.3 Å². The van der Waals surface area contributed by atoms with Gasteiger partial charge >= 0.3 is 8.80 Å². The molecule has 0 heterocycles. The molecule has 0 saturated carbocycles. The average Bonchev–Trinajstić information content (AvgIpc) is 2.36. The lowest BCUT2D eigenvalue weighted by Crippen LogP contribution is -2.40. The van der Waals surface area contributed by atoms with Crippen LogP contribution >= 0.6 is 0 Å². The molecule has 0 aliphatic heterocycles. The van der Waals surface area contributed by atoms with Crippen molar-refractivity contribution in [2.75, 3.05) is 20.8 Å². The zero-order chi connectivity index (χ0) is 11.9. The summed E-state index contributed by atoms with van der Waals surface area (Å²) in [6.07, 6.45) is 3.97. The maximum atomic E-state index is 5.56. The van der Waals surface area contributed by atoms with Gasteiger partial charge in [-0.25, -0.2) is 0 Å². The summed E-state index contributed by atoms with van der Waals surface area (Å²) in [5, 5.41) is 0. The van der Waals surface area contributed by atoms with Gasteiger partial charge in [0.2, 0.25) is 0 Å². The molecule has 4 heteroatoms. The van der Waals surface area contributed by atoms with Gasteiger partial charge in [0.05, 0.1) is 6.61 Å². The van der Waals surface area contributed by atoms with E-state index in [9.17, 15) is 0 Å². The van der Waals surface area contributed by atoms with Crippen molar-refractivity contribution in [2.45, 2.75) is 6.55 Å². The van der Waals surface area contributed by atoms with Crippen molar-refractivity contribution in [2.24, 2.45) is 0 Å². The fraction of sp³-hybridized carbons (Fsp3) is 0.333. The van der Waals surface area contributed by atoms with Crippen LogP contribution in [0.1, 0.15) is 5.56 Å². The Kier molecular flexibility index (Phi) is 5.41. The van der Waals surface area contributed by atoms with E-state index in [2.05, 4.69) is 0 Å². The summed E-state index contributed by atoms with van der Waals surface area (Å²) in [4.78, 5) is 0. The average molecular weight is 238 g/mol. The largest absolute Gasteiger partial charge is 0.497 e. The van der Waals surface area contributed by atoms with Crippen molar-refractivity contribution >= 4 is 14.9 Å². The highest BCUT2D eigenvalue weighted by Gasteiger charge is 2.31. The van der Waals surface area contributed by atoms with Crippen LogP contribution in [0.15, 0.2) is 36.4 Å². The standard InChI is InChI=1S/C12H18O3Si/c1-13-16(3,14-2)15-11-7-10-12-8-5-4-6-9-12/h4-10H,11H2,1-3H3/b10-7+. The van der Waals surface area contributed by atoms with Gasteiger partial charge in [0.15, 0.2) is 0 Å². The number of hydrogen-bond donors (Lipinski definition) is 0. The smallest absolute Gasteiger partial charge is 0.377 e. The molecule has 0 aliphatic carbocycles. The molecular weight excluding hydrogens is 220 g/mol. The van der Waals surface area contributed by atoms with Gasteiger partial charge in [0.1, 0.15) is 0 Å². The lowest BCUT2D eigenvalue weighted by molar-refractivity contribution is 0.118. The Morgan fingerprint density at radius 3 is 2.31 bits per heavy atom. The summed E-state index contributed by atoms with van der Waals surface area (Å²) < 4.78 is 16.0. The maximum absolute atomic E-state index is 5.56. The molecule has 88 valence electrons. The molecule has 1 aromatic rings. The molecule has 0 aromatic heterocycles. The molecule has 0 fully saturated rings. The molecule has 0 amide bonds. The predicted molar refractivity (Wildman–Crippen MR) is 67.1 cm³/mol. The van der Waals surface area contributed by atoms with Crippen molar-refractivity contribution in [3.05, 3.63) is 42.0 Å². The van der Waals surface area contributed by atoms with Crippen LogP contribution in [0.25, 0.3) is 6.08 Å². The number of rotatable bonds is 6. The van der Waals surface area contributed by atoms with Gasteiger partial charge in [-0.1, -0.05) is 42.5 Å². The van der Waals surface area contributed by atoms with E-state index in [0.717, 1.165) is 5.56 Å². The van der Waals surface area contributed by atoms with Crippen molar-refractivity contribution in [1.82, 2.24) is 0 Å². The van der Waals surface area contributed by atoms with E-state index in [1.807, 2.05) is 49.0 Å². The topological polar surface area (TPSA) is 27.7 Å². The Bertz CT molecular complexity index is 320. The van der Waals surface area contributed by atoms with Gasteiger partial charge in [-0.05, 0) is 5.56 Å². The molecular formula is C12H18O3Si. The van der Waals surface area contributed by atoms with Crippen molar-refractivity contribution in [1.29, 1.82) is 0 Å². The lowest BCUT2D eigenvalue weighted by Gasteiger charge is -2.20. The van der Waals surface area contributed by atoms with Gasteiger partial charge in [-0.2, -0.15) is 0 Å². The van der Waals surface area contributed by atoms with E-state index in [1.165, 1.54) is 0 Å². The molecule has 0 N–H and O–H groups in total. The van der Waals surface area contributed by atoms with E-state index in [0.29, 0.717) is 6.61 Å². The predicted octanol–water partition coefficient (Wildman–Crippen LogP) is 2.58. The highest BCUT2D eigenvalue weighted by Crippen LogP contribution is 2.07. The molecule has 0 unspecified atom stereocenters. The molecule has 0 aliphatic rings. The van der Waals surface area contributed by atoms with Crippen LogP contribution in [-0.2, 0) is 13.3 Å². The Morgan fingerprint density at radius 1 is 1.12 bits per heavy atom. The van der Waals surface area contributed by atoms with Gasteiger partial charge in [-0.3, -0.25) is 0 Å². The maximum Gasteiger partial charge on any atom is 0.497 e. The molecule has 0 radical (unpaired) electrons. The fourth-order valence-corrected chi connectivity index (χ4v) is 1.95. The van der Waals surface area contributed by atoms with Crippen LogP contribution < -0.4 is 0 Å². The quantitative estimate of drug-likeness (QED) is 0.713. The minimum atomic E-state index is -2.39. The SMILES string of the molecule is CO[Si](C)(OC)OC/C=C/c1ccccc1. The Labute approximate surface area is 98.0 Å².